The molecule has 7 heteroatoms. The Morgan fingerprint density at radius 2 is 1.72 bits per heavy atom. The lowest BCUT2D eigenvalue weighted by Crippen LogP contribution is -2.49. The average molecular weight is 350 g/mol. The lowest BCUT2D eigenvalue weighted by Gasteiger charge is -2.36. The van der Waals surface area contributed by atoms with E-state index in [0.29, 0.717) is 12.8 Å². The number of halogens is 3. The van der Waals surface area contributed by atoms with E-state index in [4.69, 9.17) is 4.74 Å². The van der Waals surface area contributed by atoms with Crippen LogP contribution in [0.25, 0.3) is 0 Å². The van der Waals surface area contributed by atoms with Crippen molar-refractivity contribution in [2.75, 3.05) is 5.32 Å². The summed E-state index contributed by atoms with van der Waals surface area (Å²) in [4.78, 5) is 11.7. The maximum absolute atomic E-state index is 13.6. The van der Waals surface area contributed by atoms with Gasteiger partial charge in [0.2, 0.25) is 0 Å². The lowest BCUT2D eigenvalue weighted by atomic mass is 9.86. The highest BCUT2D eigenvalue weighted by Gasteiger charge is 2.31. The van der Waals surface area contributed by atoms with Crippen molar-refractivity contribution >= 4 is 11.8 Å². The number of ether oxygens (including phenoxy) is 1. The van der Waals surface area contributed by atoms with Gasteiger partial charge in [0.25, 0.3) is 0 Å². The summed E-state index contributed by atoms with van der Waals surface area (Å²) in [6.45, 7) is 0.182. The first-order valence-electron chi connectivity index (χ1n) is 7.90. The molecule has 0 bridgehead atoms. The molecule has 0 saturated heterocycles. The van der Waals surface area contributed by atoms with Crippen LogP contribution in [0.3, 0.4) is 0 Å². The Morgan fingerprint density at radius 1 is 1.00 bits per heavy atom. The first kappa shape index (κ1) is 17.1. The third kappa shape index (κ3) is 4.23. The van der Waals surface area contributed by atoms with Gasteiger partial charge in [-0.15, -0.1) is 0 Å². The number of benzene rings is 2. The maximum Gasteiger partial charge on any atom is 0.407 e. The Balaban J connectivity index is 1.41. The molecule has 2 N–H and O–H groups in total. The van der Waals surface area contributed by atoms with Crippen molar-refractivity contribution < 1.29 is 22.7 Å². The Morgan fingerprint density at radius 3 is 2.44 bits per heavy atom. The highest BCUT2D eigenvalue weighted by atomic mass is 19.2. The molecule has 4 nitrogen and oxygen atoms in total. The second-order valence-corrected chi connectivity index (χ2v) is 5.94. The Hall–Kier alpha value is -2.70. The van der Waals surface area contributed by atoms with Crippen molar-refractivity contribution in [3.8, 4) is 0 Å². The van der Waals surface area contributed by atoms with Crippen LogP contribution in [0.4, 0.5) is 23.7 Å². The predicted octanol–water partition coefficient (Wildman–Crippen LogP) is 3.97. The van der Waals surface area contributed by atoms with E-state index in [9.17, 15) is 18.0 Å². The monoisotopic (exact) mass is 350 g/mol. The summed E-state index contributed by atoms with van der Waals surface area (Å²) >= 11 is 0. The number of nitrogens with one attached hydrogen (secondary N) is 2. The fourth-order valence-electron chi connectivity index (χ4n) is 2.64. The minimum Gasteiger partial charge on any atom is -0.445 e. The molecule has 25 heavy (non-hydrogen) atoms. The van der Waals surface area contributed by atoms with Crippen molar-refractivity contribution in [3.05, 3.63) is 65.5 Å². The van der Waals surface area contributed by atoms with Crippen LogP contribution >= 0.6 is 0 Å². The highest BCUT2D eigenvalue weighted by molar-refractivity contribution is 5.67. The predicted molar refractivity (Wildman–Crippen MR) is 86.5 cm³/mol. The fourth-order valence-corrected chi connectivity index (χ4v) is 2.64. The fraction of sp³-hybridized carbons (Fsp3) is 0.278. The average Bonchev–Trinajstić information content (AvgIpc) is 2.59. The molecule has 0 aliphatic heterocycles. The van der Waals surface area contributed by atoms with Crippen molar-refractivity contribution in [2.24, 2.45) is 0 Å². The van der Waals surface area contributed by atoms with E-state index in [1.54, 1.807) is 0 Å². The van der Waals surface area contributed by atoms with Gasteiger partial charge in [-0.3, -0.25) is 0 Å². The number of rotatable bonds is 5. The normalized spacial score (nSPS) is 19.0. The standard InChI is InChI=1S/C18H17F3N2O2/c19-14-6-7-15(17(21)16(14)20)22-12-8-13(9-12)23-18(24)25-10-11-4-2-1-3-5-11/h1-7,12-13,22H,8-10H2,(H,23,24). The van der Waals surface area contributed by atoms with Crippen LogP contribution in [0.15, 0.2) is 42.5 Å². The molecule has 0 atom stereocenters. The van der Waals surface area contributed by atoms with Crippen LogP contribution in [0.1, 0.15) is 18.4 Å². The van der Waals surface area contributed by atoms with Gasteiger partial charge < -0.3 is 15.4 Å². The number of amides is 1. The minimum atomic E-state index is -1.50. The van der Waals surface area contributed by atoms with E-state index in [0.717, 1.165) is 17.7 Å². The topological polar surface area (TPSA) is 50.4 Å². The molecule has 0 spiro atoms. The van der Waals surface area contributed by atoms with Gasteiger partial charge in [-0.2, -0.15) is 0 Å². The Kier molecular flexibility index (Phi) is 5.11. The maximum atomic E-state index is 13.6. The third-order valence-corrected chi connectivity index (χ3v) is 4.07. The summed E-state index contributed by atoms with van der Waals surface area (Å²) in [6.07, 6.45) is 0.559. The van der Waals surface area contributed by atoms with Gasteiger partial charge in [0, 0.05) is 12.1 Å². The molecule has 1 fully saturated rings. The summed E-state index contributed by atoms with van der Waals surface area (Å²) < 4.78 is 44.8. The first-order chi connectivity index (χ1) is 12.0. The van der Waals surface area contributed by atoms with Gasteiger partial charge in [-0.1, -0.05) is 30.3 Å². The smallest absolute Gasteiger partial charge is 0.407 e. The SMILES string of the molecule is O=C(NC1CC(Nc2ccc(F)c(F)c2F)C1)OCc1ccccc1. The van der Waals surface area contributed by atoms with E-state index in [-0.39, 0.29) is 24.4 Å². The van der Waals surface area contributed by atoms with Crippen molar-refractivity contribution in [1.29, 1.82) is 0 Å². The largest absolute Gasteiger partial charge is 0.445 e. The Bertz CT molecular complexity index is 749. The zero-order valence-electron chi connectivity index (χ0n) is 13.3. The first-order valence-corrected chi connectivity index (χ1v) is 7.90. The van der Waals surface area contributed by atoms with E-state index >= 15 is 0 Å². The molecule has 0 heterocycles. The summed E-state index contributed by atoms with van der Waals surface area (Å²) in [7, 11) is 0. The number of carbonyl (C=O) groups is 1. The van der Waals surface area contributed by atoms with Crippen molar-refractivity contribution in [1.82, 2.24) is 5.32 Å². The number of hydrogen-bond acceptors (Lipinski definition) is 3. The molecule has 0 radical (unpaired) electrons. The molecule has 132 valence electrons. The number of hydrogen-bond donors (Lipinski definition) is 2. The van der Waals surface area contributed by atoms with Gasteiger partial charge in [0.1, 0.15) is 6.61 Å². The molecular formula is C18H17F3N2O2. The van der Waals surface area contributed by atoms with Crippen molar-refractivity contribution in [3.63, 3.8) is 0 Å². The summed E-state index contributed by atoms with van der Waals surface area (Å²) in [5.41, 5.74) is 0.800. The molecule has 2 aromatic carbocycles. The van der Waals surface area contributed by atoms with Gasteiger partial charge in [0.15, 0.2) is 17.5 Å². The summed E-state index contributed by atoms with van der Waals surface area (Å²) in [6, 6.07) is 11.1. The van der Waals surface area contributed by atoms with Gasteiger partial charge in [-0.05, 0) is 30.5 Å². The van der Waals surface area contributed by atoms with Crippen molar-refractivity contribution in [2.45, 2.75) is 31.5 Å². The minimum absolute atomic E-state index is 0.0889. The number of alkyl carbamates (subject to hydrolysis) is 1. The van der Waals surface area contributed by atoms with Gasteiger partial charge in [0.05, 0.1) is 5.69 Å². The molecule has 2 aromatic rings. The van der Waals surface area contributed by atoms with Crippen LogP contribution in [-0.4, -0.2) is 18.2 Å². The van der Waals surface area contributed by atoms with Gasteiger partial charge in [-0.25, -0.2) is 18.0 Å². The number of carbonyl (C=O) groups excluding carboxylic acids is 1. The van der Waals surface area contributed by atoms with Crippen LogP contribution < -0.4 is 10.6 Å². The van der Waals surface area contributed by atoms with E-state index in [2.05, 4.69) is 10.6 Å². The second-order valence-electron chi connectivity index (χ2n) is 5.94. The van der Waals surface area contributed by atoms with Crippen LogP contribution in [-0.2, 0) is 11.3 Å². The van der Waals surface area contributed by atoms with Crippen LogP contribution in [0, 0.1) is 17.5 Å². The van der Waals surface area contributed by atoms with Crippen LogP contribution in [0.2, 0.25) is 0 Å². The molecule has 0 unspecified atom stereocenters. The molecule has 1 aliphatic carbocycles. The Labute approximate surface area is 143 Å². The quantitative estimate of drug-likeness (QED) is 0.802. The zero-order chi connectivity index (χ0) is 17.8. The van der Waals surface area contributed by atoms with E-state index in [1.165, 1.54) is 0 Å². The number of anilines is 1. The molecule has 3 rings (SSSR count). The molecule has 0 aromatic heterocycles. The van der Waals surface area contributed by atoms with E-state index < -0.39 is 23.5 Å². The van der Waals surface area contributed by atoms with Gasteiger partial charge >= 0.3 is 6.09 Å². The van der Waals surface area contributed by atoms with Crippen LogP contribution in [0.5, 0.6) is 0 Å². The second kappa shape index (κ2) is 7.46. The zero-order valence-corrected chi connectivity index (χ0v) is 13.3. The third-order valence-electron chi connectivity index (χ3n) is 4.07. The molecule has 1 aliphatic rings. The molecule has 1 amide bonds. The molecular weight excluding hydrogens is 333 g/mol. The lowest BCUT2D eigenvalue weighted by molar-refractivity contribution is 0.129. The molecule has 1 saturated carbocycles. The van der Waals surface area contributed by atoms with E-state index in [1.807, 2.05) is 30.3 Å². The summed E-state index contributed by atoms with van der Waals surface area (Å²) in [5, 5.41) is 5.51. The summed E-state index contributed by atoms with van der Waals surface area (Å²) in [5.74, 6) is -3.96. The highest BCUT2D eigenvalue weighted by Crippen LogP contribution is 2.27.